The van der Waals surface area contributed by atoms with Gasteiger partial charge in [-0.3, -0.25) is 4.79 Å². The van der Waals surface area contributed by atoms with Gasteiger partial charge in [0.2, 0.25) is 5.91 Å². The molecule has 1 fully saturated rings. The lowest BCUT2D eigenvalue weighted by Gasteiger charge is -2.31. The van der Waals surface area contributed by atoms with Crippen LogP contribution in [0.5, 0.6) is 0 Å². The molecule has 1 aliphatic rings. The summed E-state index contributed by atoms with van der Waals surface area (Å²) >= 11 is 3.48. The number of hydrogen-bond acceptors (Lipinski definition) is 2. The van der Waals surface area contributed by atoms with Crippen molar-refractivity contribution in [1.82, 2.24) is 5.32 Å². The fourth-order valence-corrected chi connectivity index (χ4v) is 3.56. The SMILES string of the molecule is CC(NC(=O)C1(CN)CCCCCC1)c1cccc(Br)c1. The predicted molar refractivity (Wildman–Crippen MR) is 89.9 cm³/mol. The highest BCUT2D eigenvalue weighted by molar-refractivity contribution is 9.10. The highest BCUT2D eigenvalue weighted by Crippen LogP contribution is 2.35. The molecule has 0 bridgehead atoms. The fourth-order valence-electron chi connectivity index (χ4n) is 3.14. The summed E-state index contributed by atoms with van der Waals surface area (Å²) < 4.78 is 1.03. The van der Waals surface area contributed by atoms with Crippen molar-refractivity contribution in [2.45, 2.75) is 51.5 Å². The quantitative estimate of drug-likeness (QED) is 0.806. The van der Waals surface area contributed by atoms with Crippen molar-refractivity contribution in [3.63, 3.8) is 0 Å². The van der Waals surface area contributed by atoms with Crippen molar-refractivity contribution >= 4 is 21.8 Å². The van der Waals surface area contributed by atoms with Crippen LogP contribution in [0.2, 0.25) is 0 Å². The van der Waals surface area contributed by atoms with E-state index in [9.17, 15) is 4.79 Å². The summed E-state index contributed by atoms with van der Waals surface area (Å²) in [5.41, 5.74) is 6.72. The summed E-state index contributed by atoms with van der Waals surface area (Å²) in [6.07, 6.45) is 6.49. The Morgan fingerprint density at radius 3 is 2.57 bits per heavy atom. The third-order valence-corrected chi connectivity index (χ3v) is 5.12. The van der Waals surface area contributed by atoms with Gasteiger partial charge in [-0.2, -0.15) is 0 Å². The van der Waals surface area contributed by atoms with E-state index >= 15 is 0 Å². The van der Waals surface area contributed by atoms with E-state index in [1.165, 1.54) is 12.8 Å². The van der Waals surface area contributed by atoms with E-state index in [1.807, 2.05) is 31.2 Å². The van der Waals surface area contributed by atoms with Crippen LogP contribution in [0, 0.1) is 5.41 Å². The Hall–Kier alpha value is -0.870. The first-order valence-electron chi connectivity index (χ1n) is 7.84. The Morgan fingerprint density at radius 2 is 2.00 bits per heavy atom. The smallest absolute Gasteiger partial charge is 0.227 e. The van der Waals surface area contributed by atoms with Crippen LogP contribution in [0.15, 0.2) is 28.7 Å². The molecular formula is C17H25BrN2O. The molecule has 0 aliphatic heterocycles. The molecule has 1 unspecified atom stereocenters. The lowest BCUT2D eigenvalue weighted by molar-refractivity contribution is -0.132. The average molecular weight is 353 g/mol. The molecular weight excluding hydrogens is 328 g/mol. The van der Waals surface area contributed by atoms with E-state index in [0.29, 0.717) is 6.54 Å². The third kappa shape index (κ3) is 4.07. The van der Waals surface area contributed by atoms with Crippen molar-refractivity contribution in [3.8, 4) is 0 Å². The summed E-state index contributed by atoms with van der Waals surface area (Å²) in [7, 11) is 0. The van der Waals surface area contributed by atoms with Gasteiger partial charge < -0.3 is 11.1 Å². The second-order valence-corrected chi connectivity index (χ2v) is 7.06. The van der Waals surface area contributed by atoms with Gasteiger partial charge in [-0.15, -0.1) is 0 Å². The highest BCUT2D eigenvalue weighted by Gasteiger charge is 2.37. The normalized spacial score (nSPS) is 19.6. The zero-order valence-corrected chi connectivity index (χ0v) is 14.3. The minimum atomic E-state index is -0.364. The van der Waals surface area contributed by atoms with Crippen LogP contribution in [0.3, 0.4) is 0 Å². The van der Waals surface area contributed by atoms with Crippen LogP contribution in [0.4, 0.5) is 0 Å². The van der Waals surface area contributed by atoms with Crippen molar-refractivity contribution in [2.75, 3.05) is 6.54 Å². The standard InChI is InChI=1S/C17H25BrN2O/c1-13(14-7-6-8-15(18)11-14)20-16(21)17(12-19)9-4-2-3-5-10-17/h6-8,11,13H,2-5,9-10,12,19H2,1H3,(H,20,21). The molecule has 116 valence electrons. The average Bonchev–Trinajstić information content (AvgIpc) is 2.73. The first-order valence-corrected chi connectivity index (χ1v) is 8.63. The Morgan fingerprint density at radius 1 is 1.33 bits per heavy atom. The van der Waals surface area contributed by atoms with Crippen molar-refractivity contribution in [3.05, 3.63) is 34.3 Å². The van der Waals surface area contributed by atoms with Crippen LogP contribution in [0.1, 0.15) is 57.1 Å². The maximum atomic E-state index is 12.8. The first kappa shape index (κ1) is 16.5. The summed E-state index contributed by atoms with van der Waals surface area (Å²) in [6.45, 7) is 2.48. The molecule has 0 heterocycles. The van der Waals surface area contributed by atoms with Gasteiger partial charge in [0, 0.05) is 11.0 Å². The Bertz CT molecular complexity index is 481. The maximum Gasteiger partial charge on any atom is 0.227 e. The zero-order valence-electron chi connectivity index (χ0n) is 12.7. The van der Waals surface area contributed by atoms with E-state index in [4.69, 9.17) is 5.73 Å². The number of nitrogens with one attached hydrogen (secondary N) is 1. The van der Waals surface area contributed by atoms with Crippen LogP contribution in [-0.2, 0) is 4.79 Å². The Balaban J connectivity index is 2.08. The zero-order chi connectivity index (χ0) is 15.3. The van der Waals surface area contributed by atoms with E-state index in [2.05, 4.69) is 21.2 Å². The van der Waals surface area contributed by atoms with Crippen molar-refractivity contribution in [2.24, 2.45) is 11.1 Å². The molecule has 1 amide bonds. The number of rotatable bonds is 4. The largest absolute Gasteiger partial charge is 0.349 e. The van der Waals surface area contributed by atoms with Gasteiger partial charge in [-0.25, -0.2) is 0 Å². The lowest BCUT2D eigenvalue weighted by Crippen LogP contribution is -2.46. The number of carbonyl (C=O) groups is 1. The van der Waals surface area contributed by atoms with Gasteiger partial charge in [-0.1, -0.05) is 53.7 Å². The van der Waals surface area contributed by atoms with E-state index in [0.717, 1.165) is 35.7 Å². The van der Waals surface area contributed by atoms with E-state index < -0.39 is 0 Å². The Labute approximate surface area is 135 Å². The van der Waals surface area contributed by atoms with E-state index in [-0.39, 0.29) is 17.4 Å². The van der Waals surface area contributed by atoms with Crippen LogP contribution >= 0.6 is 15.9 Å². The van der Waals surface area contributed by atoms with Gasteiger partial charge in [0.15, 0.2) is 0 Å². The molecule has 0 saturated heterocycles. The Kier molecular flexibility index (Phi) is 5.82. The molecule has 4 heteroatoms. The summed E-state index contributed by atoms with van der Waals surface area (Å²) in [6, 6.07) is 8.07. The molecule has 1 saturated carbocycles. The van der Waals surface area contributed by atoms with Crippen LogP contribution < -0.4 is 11.1 Å². The van der Waals surface area contributed by atoms with Gasteiger partial charge in [0.05, 0.1) is 11.5 Å². The molecule has 1 aromatic rings. The highest BCUT2D eigenvalue weighted by atomic mass is 79.9. The van der Waals surface area contributed by atoms with Crippen molar-refractivity contribution in [1.29, 1.82) is 0 Å². The number of hydrogen-bond donors (Lipinski definition) is 2. The number of halogens is 1. The molecule has 21 heavy (non-hydrogen) atoms. The molecule has 3 N–H and O–H groups in total. The van der Waals surface area contributed by atoms with E-state index in [1.54, 1.807) is 0 Å². The topological polar surface area (TPSA) is 55.1 Å². The maximum absolute atomic E-state index is 12.8. The lowest BCUT2D eigenvalue weighted by atomic mass is 9.79. The summed E-state index contributed by atoms with van der Waals surface area (Å²) in [5.74, 6) is 0.124. The molecule has 3 nitrogen and oxygen atoms in total. The minimum Gasteiger partial charge on any atom is -0.349 e. The molecule has 0 aromatic heterocycles. The summed E-state index contributed by atoms with van der Waals surface area (Å²) in [5, 5.41) is 3.17. The monoisotopic (exact) mass is 352 g/mol. The van der Waals surface area contributed by atoms with Crippen molar-refractivity contribution < 1.29 is 4.79 Å². The molecule has 0 spiro atoms. The number of carbonyl (C=O) groups excluding carboxylic acids is 1. The third-order valence-electron chi connectivity index (χ3n) is 4.63. The van der Waals surface area contributed by atoms with Gasteiger partial charge in [0.1, 0.15) is 0 Å². The first-order chi connectivity index (χ1) is 10.1. The number of nitrogens with two attached hydrogens (primary N) is 1. The van der Waals surface area contributed by atoms with Crippen LogP contribution in [-0.4, -0.2) is 12.5 Å². The second-order valence-electron chi connectivity index (χ2n) is 6.15. The molecule has 1 aromatic carbocycles. The second kappa shape index (κ2) is 7.41. The molecule has 1 aliphatic carbocycles. The fraction of sp³-hybridized carbons (Fsp3) is 0.588. The summed E-state index contributed by atoms with van der Waals surface area (Å²) in [4.78, 5) is 12.8. The molecule has 2 rings (SSSR count). The minimum absolute atomic E-state index is 0.00155. The van der Waals surface area contributed by atoms with Gasteiger partial charge in [-0.05, 0) is 37.5 Å². The van der Waals surface area contributed by atoms with Gasteiger partial charge >= 0.3 is 0 Å². The number of benzene rings is 1. The van der Waals surface area contributed by atoms with Gasteiger partial charge in [0.25, 0.3) is 0 Å². The van der Waals surface area contributed by atoms with Crippen LogP contribution in [0.25, 0.3) is 0 Å². The molecule has 0 radical (unpaired) electrons. The molecule has 1 atom stereocenters. The number of amides is 1. The predicted octanol–water partition coefficient (Wildman–Crippen LogP) is 3.93.